The maximum Gasteiger partial charge on any atom is 0.179 e. The molecule has 0 fully saturated rings. The summed E-state index contributed by atoms with van der Waals surface area (Å²) in [6, 6.07) is 4.75. The molecule has 0 aliphatic heterocycles. The minimum absolute atomic E-state index is 0.165. The van der Waals surface area contributed by atoms with Crippen LogP contribution in [0.15, 0.2) is 12.1 Å². The Kier molecular flexibility index (Phi) is 3.53. The van der Waals surface area contributed by atoms with Crippen molar-refractivity contribution in [3.05, 3.63) is 23.3 Å². The second kappa shape index (κ2) is 4.67. The number of Topliss-reactive ketones (excluding diaryl/α,β-unsaturated/α-hetero) is 1. The van der Waals surface area contributed by atoms with Crippen molar-refractivity contribution in [1.82, 2.24) is 0 Å². The molecular weight excluding hydrogens is 216 g/mol. The van der Waals surface area contributed by atoms with E-state index in [1.807, 2.05) is 6.07 Å². The van der Waals surface area contributed by atoms with E-state index in [4.69, 9.17) is 27.3 Å². The smallest absolute Gasteiger partial charge is 0.179 e. The highest BCUT2D eigenvalue weighted by molar-refractivity contribution is 6.31. The molecule has 15 heavy (non-hydrogen) atoms. The van der Waals surface area contributed by atoms with Crippen molar-refractivity contribution < 1.29 is 9.53 Å². The van der Waals surface area contributed by atoms with Gasteiger partial charge < -0.3 is 10.5 Å². The van der Waals surface area contributed by atoms with Crippen LogP contribution in [0.1, 0.15) is 15.9 Å². The fraction of sp³-hybridized carbons (Fsp3) is 0.200. The third-order valence-electron chi connectivity index (χ3n) is 1.91. The summed E-state index contributed by atoms with van der Waals surface area (Å²) in [5.41, 5.74) is 6.41. The molecule has 0 heterocycles. The zero-order valence-corrected chi connectivity index (χ0v) is 8.84. The Balaban J connectivity index is 3.33. The van der Waals surface area contributed by atoms with Gasteiger partial charge in [-0.05, 0) is 6.07 Å². The molecule has 1 aromatic carbocycles. The first-order valence-electron chi connectivity index (χ1n) is 4.10. The summed E-state index contributed by atoms with van der Waals surface area (Å²) < 4.78 is 4.94. The first kappa shape index (κ1) is 11.3. The SMILES string of the molecule is COc1cc(N)c(C(=O)CCl)cc1C#N. The van der Waals surface area contributed by atoms with E-state index in [0.29, 0.717) is 5.75 Å². The Morgan fingerprint density at radius 3 is 2.80 bits per heavy atom. The molecule has 0 saturated carbocycles. The Hall–Kier alpha value is -1.73. The van der Waals surface area contributed by atoms with Gasteiger partial charge in [-0.2, -0.15) is 5.26 Å². The number of benzene rings is 1. The lowest BCUT2D eigenvalue weighted by Gasteiger charge is -2.07. The molecule has 1 rings (SSSR count). The summed E-state index contributed by atoms with van der Waals surface area (Å²) in [4.78, 5) is 11.3. The van der Waals surface area contributed by atoms with Crippen molar-refractivity contribution in [3.8, 4) is 11.8 Å². The molecular formula is C10H9ClN2O2. The van der Waals surface area contributed by atoms with Gasteiger partial charge in [0.1, 0.15) is 11.8 Å². The number of ketones is 1. The van der Waals surface area contributed by atoms with Gasteiger partial charge in [0.05, 0.1) is 18.6 Å². The van der Waals surface area contributed by atoms with Crippen molar-refractivity contribution in [2.45, 2.75) is 0 Å². The van der Waals surface area contributed by atoms with Gasteiger partial charge in [0.2, 0.25) is 0 Å². The van der Waals surface area contributed by atoms with E-state index < -0.39 is 0 Å². The van der Waals surface area contributed by atoms with E-state index in [0.717, 1.165) is 0 Å². The maximum absolute atomic E-state index is 11.3. The summed E-state index contributed by atoms with van der Waals surface area (Å²) in [6.07, 6.45) is 0. The van der Waals surface area contributed by atoms with Crippen molar-refractivity contribution in [1.29, 1.82) is 5.26 Å². The van der Waals surface area contributed by atoms with E-state index in [9.17, 15) is 4.79 Å². The number of alkyl halides is 1. The van der Waals surface area contributed by atoms with Crippen LogP contribution < -0.4 is 10.5 Å². The number of carbonyl (C=O) groups is 1. The van der Waals surface area contributed by atoms with E-state index in [2.05, 4.69) is 0 Å². The number of nitrogens with two attached hydrogens (primary N) is 1. The molecule has 2 N–H and O–H groups in total. The number of ether oxygens (including phenoxy) is 1. The van der Waals surface area contributed by atoms with Crippen molar-refractivity contribution in [2.75, 3.05) is 18.7 Å². The molecule has 78 valence electrons. The second-order valence-corrected chi connectivity index (χ2v) is 3.08. The molecule has 0 amide bonds. The summed E-state index contributed by atoms with van der Waals surface area (Å²) in [5, 5.41) is 8.80. The van der Waals surface area contributed by atoms with Crippen molar-refractivity contribution >= 4 is 23.1 Å². The van der Waals surface area contributed by atoms with Crippen LogP contribution in [0, 0.1) is 11.3 Å². The van der Waals surface area contributed by atoms with Gasteiger partial charge in [-0.3, -0.25) is 4.79 Å². The predicted octanol–water partition coefficient (Wildman–Crippen LogP) is 1.57. The van der Waals surface area contributed by atoms with Crippen molar-refractivity contribution in [3.63, 3.8) is 0 Å². The van der Waals surface area contributed by atoms with Crippen LogP contribution in [0.2, 0.25) is 0 Å². The first-order valence-corrected chi connectivity index (χ1v) is 4.64. The minimum atomic E-state index is -0.312. The zero-order valence-electron chi connectivity index (χ0n) is 8.08. The Bertz CT molecular complexity index is 438. The molecule has 4 nitrogen and oxygen atoms in total. The maximum atomic E-state index is 11.3. The van der Waals surface area contributed by atoms with Crippen LogP contribution in [0.25, 0.3) is 0 Å². The average molecular weight is 225 g/mol. The molecule has 0 atom stereocenters. The van der Waals surface area contributed by atoms with E-state index in [1.54, 1.807) is 0 Å². The van der Waals surface area contributed by atoms with Gasteiger partial charge in [0.15, 0.2) is 5.78 Å². The van der Waals surface area contributed by atoms with E-state index >= 15 is 0 Å². The lowest BCUT2D eigenvalue weighted by molar-refractivity contribution is 0.102. The number of carbonyl (C=O) groups excluding carboxylic acids is 1. The van der Waals surface area contributed by atoms with Crippen molar-refractivity contribution in [2.24, 2.45) is 0 Å². The van der Waals surface area contributed by atoms with Gasteiger partial charge in [0.25, 0.3) is 0 Å². The molecule has 5 heteroatoms. The zero-order chi connectivity index (χ0) is 11.4. The summed E-state index contributed by atoms with van der Waals surface area (Å²) in [7, 11) is 1.43. The van der Waals surface area contributed by atoms with E-state index in [1.165, 1.54) is 19.2 Å². The highest BCUT2D eigenvalue weighted by Gasteiger charge is 2.13. The van der Waals surface area contributed by atoms with Gasteiger partial charge in [-0.25, -0.2) is 0 Å². The average Bonchev–Trinajstić information content (AvgIpc) is 2.27. The number of nitrogen functional groups attached to an aromatic ring is 1. The molecule has 0 unspecified atom stereocenters. The number of hydrogen-bond acceptors (Lipinski definition) is 4. The third kappa shape index (κ3) is 2.20. The number of hydrogen-bond donors (Lipinski definition) is 1. The van der Waals surface area contributed by atoms with E-state index in [-0.39, 0.29) is 28.5 Å². The summed E-state index contributed by atoms with van der Waals surface area (Å²) in [5.74, 6) is -0.129. The Labute approximate surface area is 92.2 Å². The quantitative estimate of drug-likeness (QED) is 0.480. The number of nitrogens with zero attached hydrogens (tertiary/aromatic N) is 1. The first-order chi connectivity index (χ1) is 7.13. The standard InChI is InChI=1S/C10H9ClN2O2/c1-15-10-3-8(13)7(9(14)4-11)2-6(10)5-12/h2-3H,4,13H2,1H3. The minimum Gasteiger partial charge on any atom is -0.495 e. The molecule has 0 radical (unpaired) electrons. The number of rotatable bonds is 3. The van der Waals surface area contributed by atoms with Gasteiger partial charge in [0, 0.05) is 17.3 Å². The Morgan fingerprint density at radius 2 is 2.33 bits per heavy atom. The second-order valence-electron chi connectivity index (χ2n) is 2.81. The van der Waals surface area contributed by atoms with Crippen LogP contribution in [-0.2, 0) is 0 Å². The number of methoxy groups -OCH3 is 1. The highest BCUT2D eigenvalue weighted by atomic mass is 35.5. The van der Waals surface area contributed by atoms with Crippen LogP contribution in [0.4, 0.5) is 5.69 Å². The predicted molar refractivity (Wildman–Crippen MR) is 57.2 cm³/mol. The lowest BCUT2D eigenvalue weighted by atomic mass is 10.1. The fourth-order valence-corrected chi connectivity index (χ4v) is 1.31. The monoisotopic (exact) mass is 224 g/mol. The van der Waals surface area contributed by atoms with Gasteiger partial charge in [-0.1, -0.05) is 0 Å². The topological polar surface area (TPSA) is 76.1 Å². The van der Waals surface area contributed by atoms with Gasteiger partial charge in [-0.15, -0.1) is 11.6 Å². The number of nitriles is 1. The number of anilines is 1. The Morgan fingerprint density at radius 1 is 1.67 bits per heavy atom. The van der Waals surface area contributed by atoms with Crippen LogP contribution in [-0.4, -0.2) is 18.8 Å². The molecule has 0 bridgehead atoms. The van der Waals surface area contributed by atoms with Gasteiger partial charge >= 0.3 is 0 Å². The highest BCUT2D eigenvalue weighted by Crippen LogP contribution is 2.25. The number of halogens is 1. The largest absolute Gasteiger partial charge is 0.495 e. The molecule has 0 aliphatic rings. The van der Waals surface area contributed by atoms with Crippen LogP contribution in [0.3, 0.4) is 0 Å². The summed E-state index contributed by atoms with van der Waals surface area (Å²) >= 11 is 5.41. The fourth-order valence-electron chi connectivity index (χ4n) is 1.17. The molecule has 0 aliphatic carbocycles. The summed E-state index contributed by atoms with van der Waals surface area (Å²) in [6.45, 7) is 0. The molecule has 1 aromatic rings. The lowest BCUT2D eigenvalue weighted by Crippen LogP contribution is -2.06. The molecule has 0 saturated heterocycles. The molecule has 0 spiro atoms. The van der Waals surface area contributed by atoms with Crippen LogP contribution >= 0.6 is 11.6 Å². The molecule has 0 aromatic heterocycles. The normalized spacial score (nSPS) is 9.40. The third-order valence-corrected chi connectivity index (χ3v) is 2.16. The van der Waals surface area contributed by atoms with Crippen LogP contribution in [0.5, 0.6) is 5.75 Å².